The Balaban J connectivity index is 2.58. The first kappa shape index (κ1) is 12.0. The van der Waals surface area contributed by atoms with Crippen LogP contribution < -0.4 is 0 Å². The van der Waals surface area contributed by atoms with Gasteiger partial charge in [-0.2, -0.15) is 0 Å². The lowest BCUT2D eigenvalue weighted by atomic mass is 9.87. The summed E-state index contributed by atoms with van der Waals surface area (Å²) < 4.78 is 20.0. The highest BCUT2D eigenvalue weighted by Crippen LogP contribution is 2.31. The van der Waals surface area contributed by atoms with Crippen LogP contribution in [0.2, 0.25) is 0 Å². The first-order valence-corrected chi connectivity index (χ1v) is 7.43. The molecule has 84 valence electrons. The Bertz CT molecular complexity index is 261. The lowest BCUT2D eigenvalue weighted by Gasteiger charge is -2.30. The molecule has 0 spiro atoms. The predicted octanol–water partition coefficient (Wildman–Crippen LogP) is 3.41. The van der Waals surface area contributed by atoms with E-state index in [9.17, 15) is 4.21 Å². The predicted molar refractivity (Wildman–Crippen MR) is 62.0 cm³/mol. The summed E-state index contributed by atoms with van der Waals surface area (Å²) in [5, 5.41) is 0.191. The lowest BCUT2D eigenvalue weighted by Crippen LogP contribution is -2.31. The first-order chi connectivity index (χ1) is 6.48. The van der Waals surface area contributed by atoms with Crippen molar-refractivity contribution in [2.24, 2.45) is 5.92 Å². The van der Waals surface area contributed by atoms with Crippen molar-refractivity contribution in [3.63, 3.8) is 0 Å². The van der Waals surface area contributed by atoms with E-state index in [1.165, 1.54) is 19.3 Å². The average molecular weight is 217 g/mol. The van der Waals surface area contributed by atoms with Crippen molar-refractivity contribution in [3.8, 4) is 0 Å². The summed E-state index contributed by atoms with van der Waals surface area (Å²) in [5.74, 6) is 0.827. The third-order valence-corrected chi connectivity index (χ3v) is 6.43. The van der Waals surface area contributed by atoms with E-state index in [2.05, 4.69) is 6.92 Å². The molecule has 0 aromatic rings. The molecule has 0 amide bonds. The molecule has 0 saturated heterocycles. The second-order valence-electron chi connectivity index (χ2n) is 4.75. The summed E-state index contributed by atoms with van der Waals surface area (Å²) >= 11 is 0. The van der Waals surface area contributed by atoms with Gasteiger partial charge in [0.2, 0.25) is 0 Å². The number of hydrogen-bond donors (Lipinski definition) is 1. The van der Waals surface area contributed by atoms with Gasteiger partial charge >= 0.3 is 0 Å². The quantitative estimate of drug-likeness (QED) is 0.773. The van der Waals surface area contributed by atoms with Crippen molar-refractivity contribution in [2.45, 2.75) is 63.4 Å². The van der Waals surface area contributed by atoms with Crippen LogP contribution in [0.15, 0.2) is 0 Å². The second kappa shape index (κ2) is 4.65. The minimum Gasteiger partial charge on any atom is -0.252 e. The van der Waals surface area contributed by atoms with Gasteiger partial charge in [0.1, 0.15) is 0 Å². The van der Waals surface area contributed by atoms with Crippen LogP contribution in [0.25, 0.3) is 0 Å². The maximum absolute atomic E-state index is 12.1. The lowest BCUT2D eigenvalue weighted by molar-refractivity contribution is 0.351. The fourth-order valence-electron chi connectivity index (χ4n) is 2.28. The zero-order valence-corrected chi connectivity index (χ0v) is 10.4. The van der Waals surface area contributed by atoms with Crippen LogP contribution in [0.3, 0.4) is 0 Å². The molecule has 0 bridgehead atoms. The SMILES string of the molecule is CCC1CCC(S(=N)(=O)C(C)C)CC1. The molecule has 1 aliphatic carbocycles. The summed E-state index contributed by atoms with van der Waals surface area (Å²) in [6.45, 7) is 6.06. The van der Waals surface area contributed by atoms with Gasteiger partial charge in [-0.05, 0) is 31.6 Å². The van der Waals surface area contributed by atoms with Gasteiger partial charge in [-0.3, -0.25) is 4.78 Å². The van der Waals surface area contributed by atoms with E-state index in [0.29, 0.717) is 0 Å². The molecule has 1 rings (SSSR count). The first-order valence-electron chi connectivity index (χ1n) is 5.75. The highest BCUT2D eigenvalue weighted by Gasteiger charge is 2.29. The summed E-state index contributed by atoms with van der Waals surface area (Å²) in [5.41, 5.74) is 0. The molecule has 1 fully saturated rings. The monoisotopic (exact) mass is 217 g/mol. The summed E-state index contributed by atoms with van der Waals surface area (Å²) in [6.07, 6.45) is 5.64. The van der Waals surface area contributed by atoms with Crippen LogP contribution in [0.1, 0.15) is 52.9 Å². The zero-order chi connectivity index (χ0) is 10.8. The Morgan fingerprint density at radius 2 is 1.79 bits per heavy atom. The standard InChI is InChI=1S/C11H23NOS/c1-4-10-5-7-11(8-6-10)14(12,13)9(2)3/h9-12H,4-8H2,1-3H3. The number of hydrogen-bond acceptors (Lipinski definition) is 2. The van der Waals surface area contributed by atoms with E-state index in [-0.39, 0.29) is 10.5 Å². The maximum atomic E-state index is 12.1. The van der Waals surface area contributed by atoms with Crippen molar-refractivity contribution in [2.75, 3.05) is 0 Å². The van der Waals surface area contributed by atoms with E-state index in [1.807, 2.05) is 13.8 Å². The largest absolute Gasteiger partial charge is 0.252 e. The van der Waals surface area contributed by atoms with Crippen molar-refractivity contribution in [3.05, 3.63) is 0 Å². The molecule has 1 atom stereocenters. The van der Waals surface area contributed by atoms with Crippen LogP contribution in [0.4, 0.5) is 0 Å². The molecular formula is C11H23NOS. The maximum Gasteiger partial charge on any atom is 0.0494 e. The Kier molecular flexibility index (Phi) is 3.99. The summed E-state index contributed by atoms with van der Waals surface area (Å²) in [6, 6.07) is 0. The van der Waals surface area contributed by atoms with Crippen LogP contribution in [0, 0.1) is 10.7 Å². The van der Waals surface area contributed by atoms with Gasteiger partial charge in [0.05, 0.1) is 0 Å². The molecule has 3 heteroatoms. The van der Waals surface area contributed by atoms with Gasteiger partial charge in [-0.1, -0.05) is 27.2 Å². The summed E-state index contributed by atoms with van der Waals surface area (Å²) in [7, 11) is -2.33. The topological polar surface area (TPSA) is 40.9 Å². The summed E-state index contributed by atoms with van der Waals surface area (Å²) in [4.78, 5) is 0. The van der Waals surface area contributed by atoms with Gasteiger partial charge in [0.25, 0.3) is 0 Å². The Hall–Kier alpha value is -0.0500. The van der Waals surface area contributed by atoms with E-state index in [1.54, 1.807) is 0 Å². The Labute approximate surface area is 88.5 Å². The smallest absolute Gasteiger partial charge is 0.0494 e. The molecule has 0 aromatic heterocycles. The van der Waals surface area contributed by atoms with Crippen LogP contribution >= 0.6 is 0 Å². The third kappa shape index (κ3) is 2.50. The van der Waals surface area contributed by atoms with Gasteiger partial charge in [-0.25, -0.2) is 4.21 Å². The highest BCUT2D eigenvalue weighted by atomic mass is 32.2. The van der Waals surface area contributed by atoms with Crippen LogP contribution in [-0.2, 0) is 9.73 Å². The molecule has 0 aliphatic heterocycles. The van der Waals surface area contributed by atoms with Crippen molar-refractivity contribution in [1.82, 2.24) is 0 Å². The molecule has 0 aromatic carbocycles. The van der Waals surface area contributed by atoms with Crippen molar-refractivity contribution in [1.29, 1.82) is 4.78 Å². The molecule has 1 N–H and O–H groups in total. The normalized spacial score (nSPS) is 32.9. The molecule has 2 nitrogen and oxygen atoms in total. The zero-order valence-electron chi connectivity index (χ0n) is 9.58. The fraction of sp³-hybridized carbons (Fsp3) is 1.00. The average Bonchev–Trinajstić information content (AvgIpc) is 2.17. The second-order valence-corrected chi connectivity index (χ2v) is 7.65. The van der Waals surface area contributed by atoms with E-state index in [4.69, 9.17) is 4.78 Å². The van der Waals surface area contributed by atoms with Gasteiger partial charge in [0.15, 0.2) is 0 Å². The fourth-order valence-corrected chi connectivity index (χ4v) is 4.02. The Morgan fingerprint density at radius 3 is 2.14 bits per heavy atom. The number of rotatable bonds is 3. The molecule has 1 aliphatic rings. The Morgan fingerprint density at radius 1 is 1.29 bits per heavy atom. The molecule has 0 radical (unpaired) electrons. The van der Waals surface area contributed by atoms with Gasteiger partial charge < -0.3 is 0 Å². The number of nitrogens with one attached hydrogen (secondary N) is 1. The van der Waals surface area contributed by atoms with E-state index < -0.39 is 9.73 Å². The molecular weight excluding hydrogens is 194 g/mol. The van der Waals surface area contributed by atoms with Gasteiger partial charge in [0, 0.05) is 20.2 Å². The van der Waals surface area contributed by atoms with Gasteiger partial charge in [-0.15, -0.1) is 0 Å². The minimum atomic E-state index is -2.33. The van der Waals surface area contributed by atoms with Crippen LogP contribution in [-0.4, -0.2) is 14.7 Å². The third-order valence-electron chi connectivity index (χ3n) is 3.57. The molecule has 14 heavy (non-hydrogen) atoms. The van der Waals surface area contributed by atoms with E-state index >= 15 is 0 Å². The molecule has 0 heterocycles. The van der Waals surface area contributed by atoms with Crippen molar-refractivity contribution >= 4 is 9.73 Å². The van der Waals surface area contributed by atoms with E-state index in [0.717, 1.165) is 18.8 Å². The molecule has 1 saturated carbocycles. The van der Waals surface area contributed by atoms with Crippen LogP contribution in [0.5, 0.6) is 0 Å². The minimum absolute atomic E-state index is 0.0191. The molecule has 1 unspecified atom stereocenters. The van der Waals surface area contributed by atoms with Crippen molar-refractivity contribution < 1.29 is 4.21 Å². The highest BCUT2D eigenvalue weighted by molar-refractivity contribution is 7.93.